The lowest BCUT2D eigenvalue weighted by atomic mass is 10.1. The van der Waals surface area contributed by atoms with E-state index in [0.717, 1.165) is 5.39 Å². The number of nitrogens with one attached hydrogen (secondary N) is 1. The van der Waals surface area contributed by atoms with Crippen LogP contribution in [-0.2, 0) is 6.54 Å². The highest BCUT2D eigenvalue weighted by Crippen LogP contribution is 2.16. The summed E-state index contributed by atoms with van der Waals surface area (Å²) in [4.78, 5) is 16.5. The first kappa shape index (κ1) is 13.2. The molecule has 1 N–H and O–H groups in total. The maximum atomic E-state index is 13.5. The van der Waals surface area contributed by atoms with E-state index < -0.39 is 0 Å². The molecule has 104 valence electrons. The van der Waals surface area contributed by atoms with Crippen molar-refractivity contribution in [3.8, 4) is 0 Å². The van der Waals surface area contributed by atoms with Gasteiger partial charge in [0.15, 0.2) is 0 Å². The average Bonchev–Trinajstić information content (AvgIpc) is 2.53. The summed E-state index contributed by atoms with van der Waals surface area (Å²) in [6.45, 7) is 0.148. The molecular formula is C17H13FN2O. The third-order valence-corrected chi connectivity index (χ3v) is 3.27. The zero-order valence-corrected chi connectivity index (χ0v) is 11.2. The van der Waals surface area contributed by atoms with Crippen LogP contribution in [-0.4, -0.2) is 10.9 Å². The highest BCUT2D eigenvalue weighted by atomic mass is 19.1. The fraction of sp³-hybridized carbons (Fsp3) is 0.0588. The van der Waals surface area contributed by atoms with Gasteiger partial charge in [-0.25, -0.2) is 4.39 Å². The minimum Gasteiger partial charge on any atom is -0.348 e. The topological polar surface area (TPSA) is 42.0 Å². The Bertz CT molecular complexity index is 796. The number of benzene rings is 2. The first-order valence-corrected chi connectivity index (χ1v) is 6.61. The van der Waals surface area contributed by atoms with E-state index in [-0.39, 0.29) is 18.3 Å². The maximum absolute atomic E-state index is 13.5. The van der Waals surface area contributed by atoms with E-state index in [1.54, 1.807) is 30.5 Å². The summed E-state index contributed by atoms with van der Waals surface area (Å²) < 4.78 is 13.5. The van der Waals surface area contributed by atoms with Crippen LogP contribution >= 0.6 is 0 Å². The largest absolute Gasteiger partial charge is 0.348 e. The van der Waals surface area contributed by atoms with Gasteiger partial charge in [-0.1, -0.05) is 36.4 Å². The van der Waals surface area contributed by atoms with Crippen LogP contribution in [0.1, 0.15) is 15.9 Å². The molecule has 0 saturated heterocycles. The SMILES string of the molecule is O=C(NCc1ccccc1F)c1cccc2cccnc12. The first-order chi connectivity index (χ1) is 10.3. The highest BCUT2D eigenvalue weighted by Gasteiger charge is 2.11. The molecule has 0 atom stereocenters. The molecule has 1 amide bonds. The first-order valence-electron chi connectivity index (χ1n) is 6.61. The van der Waals surface area contributed by atoms with E-state index >= 15 is 0 Å². The second kappa shape index (κ2) is 5.71. The van der Waals surface area contributed by atoms with Crippen LogP contribution in [0.15, 0.2) is 60.8 Å². The fourth-order valence-electron chi connectivity index (χ4n) is 2.20. The molecule has 0 bridgehead atoms. The predicted octanol–water partition coefficient (Wildman–Crippen LogP) is 3.30. The lowest BCUT2D eigenvalue weighted by Crippen LogP contribution is -2.23. The normalized spacial score (nSPS) is 10.5. The average molecular weight is 280 g/mol. The van der Waals surface area contributed by atoms with E-state index in [9.17, 15) is 9.18 Å². The lowest BCUT2D eigenvalue weighted by Gasteiger charge is -2.08. The standard InChI is InChI=1S/C17H13FN2O/c18-15-9-2-1-5-13(15)11-20-17(21)14-8-3-6-12-7-4-10-19-16(12)14/h1-10H,11H2,(H,20,21). The molecule has 0 spiro atoms. The van der Waals surface area contributed by atoms with Gasteiger partial charge in [0, 0.05) is 23.7 Å². The van der Waals surface area contributed by atoms with Crippen molar-refractivity contribution in [2.24, 2.45) is 0 Å². The molecule has 3 rings (SSSR count). The van der Waals surface area contributed by atoms with Gasteiger partial charge in [0.05, 0.1) is 11.1 Å². The fourth-order valence-corrected chi connectivity index (χ4v) is 2.20. The van der Waals surface area contributed by atoms with Crippen LogP contribution in [0.5, 0.6) is 0 Å². The van der Waals surface area contributed by atoms with E-state index in [1.807, 2.05) is 24.3 Å². The monoisotopic (exact) mass is 280 g/mol. The number of carbonyl (C=O) groups excluding carboxylic acids is 1. The van der Waals surface area contributed by atoms with Crippen molar-refractivity contribution in [2.45, 2.75) is 6.54 Å². The smallest absolute Gasteiger partial charge is 0.253 e. The maximum Gasteiger partial charge on any atom is 0.253 e. The van der Waals surface area contributed by atoms with Crippen LogP contribution in [0.25, 0.3) is 10.9 Å². The molecule has 1 heterocycles. The van der Waals surface area contributed by atoms with Crippen LogP contribution in [0.4, 0.5) is 4.39 Å². The van der Waals surface area contributed by atoms with Crippen molar-refractivity contribution in [3.05, 3.63) is 77.7 Å². The Morgan fingerprint density at radius 1 is 1.05 bits per heavy atom. The highest BCUT2D eigenvalue weighted by molar-refractivity contribution is 6.05. The molecule has 2 aromatic carbocycles. The summed E-state index contributed by atoms with van der Waals surface area (Å²) in [6, 6.07) is 15.5. The Labute approximate surface area is 121 Å². The number of amides is 1. The van der Waals surface area contributed by atoms with E-state index in [0.29, 0.717) is 16.6 Å². The number of fused-ring (bicyclic) bond motifs is 1. The lowest BCUT2D eigenvalue weighted by molar-refractivity contribution is 0.0952. The predicted molar refractivity (Wildman–Crippen MR) is 79.3 cm³/mol. The van der Waals surface area contributed by atoms with Gasteiger partial charge in [0.1, 0.15) is 5.82 Å². The number of hydrogen-bond donors (Lipinski definition) is 1. The summed E-state index contributed by atoms with van der Waals surface area (Å²) in [6.07, 6.45) is 1.65. The summed E-state index contributed by atoms with van der Waals surface area (Å²) in [5, 5.41) is 3.63. The number of pyridine rings is 1. The van der Waals surface area contributed by atoms with Gasteiger partial charge >= 0.3 is 0 Å². The van der Waals surface area contributed by atoms with Gasteiger partial charge in [0.2, 0.25) is 0 Å². The van der Waals surface area contributed by atoms with Gasteiger partial charge in [-0.15, -0.1) is 0 Å². The van der Waals surface area contributed by atoms with E-state index in [2.05, 4.69) is 10.3 Å². The molecule has 0 radical (unpaired) electrons. The van der Waals surface area contributed by atoms with Crippen LogP contribution in [0.3, 0.4) is 0 Å². The van der Waals surface area contributed by atoms with E-state index in [4.69, 9.17) is 0 Å². The number of nitrogens with zero attached hydrogens (tertiary/aromatic N) is 1. The Morgan fingerprint density at radius 2 is 1.86 bits per heavy atom. The van der Waals surface area contributed by atoms with Crippen molar-refractivity contribution in [2.75, 3.05) is 0 Å². The minimum atomic E-state index is -0.325. The van der Waals surface area contributed by atoms with Crippen molar-refractivity contribution in [1.29, 1.82) is 0 Å². The number of hydrogen-bond acceptors (Lipinski definition) is 2. The van der Waals surface area contributed by atoms with Crippen LogP contribution in [0, 0.1) is 5.82 Å². The van der Waals surface area contributed by atoms with Gasteiger partial charge in [-0.05, 0) is 18.2 Å². The molecule has 1 aromatic heterocycles. The number of carbonyl (C=O) groups is 1. The summed E-state index contributed by atoms with van der Waals surface area (Å²) >= 11 is 0. The quantitative estimate of drug-likeness (QED) is 0.799. The second-order valence-electron chi connectivity index (χ2n) is 4.65. The summed E-state index contributed by atoms with van der Waals surface area (Å²) in [5.41, 5.74) is 1.59. The van der Waals surface area contributed by atoms with Crippen molar-refractivity contribution in [1.82, 2.24) is 10.3 Å². The zero-order chi connectivity index (χ0) is 14.7. The minimum absolute atomic E-state index is 0.148. The molecule has 4 heteroatoms. The Morgan fingerprint density at radius 3 is 2.71 bits per heavy atom. The van der Waals surface area contributed by atoms with Gasteiger partial charge in [-0.2, -0.15) is 0 Å². The van der Waals surface area contributed by atoms with Crippen molar-refractivity contribution in [3.63, 3.8) is 0 Å². The number of rotatable bonds is 3. The molecule has 3 aromatic rings. The number of para-hydroxylation sites is 1. The third-order valence-electron chi connectivity index (χ3n) is 3.27. The molecule has 0 unspecified atom stereocenters. The van der Waals surface area contributed by atoms with Gasteiger partial charge in [0.25, 0.3) is 5.91 Å². The molecule has 0 aliphatic heterocycles. The summed E-state index contributed by atoms with van der Waals surface area (Å²) in [7, 11) is 0. The molecule has 3 nitrogen and oxygen atoms in total. The van der Waals surface area contributed by atoms with Gasteiger partial charge < -0.3 is 5.32 Å². The molecule has 0 fully saturated rings. The molecule has 0 aliphatic rings. The number of aromatic nitrogens is 1. The van der Waals surface area contributed by atoms with Crippen LogP contribution in [0.2, 0.25) is 0 Å². The second-order valence-corrected chi connectivity index (χ2v) is 4.65. The van der Waals surface area contributed by atoms with E-state index in [1.165, 1.54) is 6.07 Å². The number of halogens is 1. The molecule has 21 heavy (non-hydrogen) atoms. The third kappa shape index (κ3) is 2.74. The van der Waals surface area contributed by atoms with Crippen LogP contribution < -0.4 is 5.32 Å². The molecule has 0 saturated carbocycles. The molecular weight excluding hydrogens is 267 g/mol. The Balaban J connectivity index is 1.83. The Kier molecular flexibility index (Phi) is 3.60. The van der Waals surface area contributed by atoms with Crippen molar-refractivity contribution < 1.29 is 9.18 Å². The molecule has 0 aliphatic carbocycles. The Hall–Kier alpha value is -2.75. The zero-order valence-electron chi connectivity index (χ0n) is 11.2. The summed E-state index contributed by atoms with van der Waals surface area (Å²) in [5.74, 6) is -0.587. The van der Waals surface area contributed by atoms with Crippen molar-refractivity contribution >= 4 is 16.8 Å². The van der Waals surface area contributed by atoms with Gasteiger partial charge in [-0.3, -0.25) is 9.78 Å².